The number of hydrogen-bond acceptors (Lipinski definition) is 2. The minimum atomic E-state index is -0.238. The van der Waals surface area contributed by atoms with Gasteiger partial charge in [-0.3, -0.25) is 4.79 Å². The fourth-order valence-corrected chi connectivity index (χ4v) is 4.18. The van der Waals surface area contributed by atoms with Gasteiger partial charge in [-0.05, 0) is 51.0 Å². The summed E-state index contributed by atoms with van der Waals surface area (Å²) in [5, 5.41) is 0. The monoisotopic (exact) mass is 337 g/mol. The van der Waals surface area contributed by atoms with Crippen molar-refractivity contribution in [1.82, 2.24) is 14.5 Å². The molecule has 1 atom stereocenters. The van der Waals surface area contributed by atoms with Gasteiger partial charge >= 0.3 is 0 Å². The molecule has 0 bridgehead atoms. The maximum Gasteiger partial charge on any atom is 0.233 e. The molecular weight excluding hydrogens is 310 g/mol. The molecule has 1 saturated carbocycles. The highest BCUT2D eigenvalue weighted by molar-refractivity contribution is 5.91. The quantitative estimate of drug-likeness (QED) is 0.834. The predicted molar refractivity (Wildman–Crippen MR) is 98.3 cm³/mol. The Morgan fingerprint density at radius 1 is 1.24 bits per heavy atom. The molecule has 2 heterocycles. The van der Waals surface area contributed by atoms with Crippen molar-refractivity contribution in [2.24, 2.45) is 0 Å². The van der Waals surface area contributed by atoms with Crippen LogP contribution in [0.15, 0.2) is 43.0 Å². The van der Waals surface area contributed by atoms with Gasteiger partial charge in [0.15, 0.2) is 0 Å². The molecule has 0 radical (unpaired) electrons. The second kappa shape index (κ2) is 6.66. The largest absolute Gasteiger partial charge is 0.339 e. The van der Waals surface area contributed by atoms with Gasteiger partial charge in [-0.2, -0.15) is 0 Å². The van der Waals surface area contributed by atoms with Crippen molar-refractivity contribution < 1.29 is 4.79 Å². The molecule has 1 aliphatic heterocycles. The molecule has 1 unspecified atom stereocenters. The lowest BCUT2D eigenvalue weighted by atomic mass is 9.90. The topological polar surface area (TPSA) is 38.1 Å². The molecule has 4 rings (SSSR count). The highest BCUT2D eigenvalue weighted by Gasteiger charge is 2.53. The van der Waals surface area contributed by atoms with Crippen LogP contribution in [0.3, 0.4) is 0 Å². The molecule has 0 N–H and O–H groups in total. The van der Waals surface area contributed by atoms with Gasteiger partial charge in [0.2, 0.25) is 5.91 Å². The first-order valence-corrected chi connectivity index (χ1v) is 9.53. The summed E-state index contributed by atoms with van der Waals surface area (Å²) >= 11 is 0. The maximum atomic E-state index is 13.4. The van der Waals surface area contributed by atoms with E-state index in [-0.39, 0.29) is 5.41 Å². The van der Waals surface area contributed by atoms with E-state index in [4.69, 9.17) is 0 Å². The molecule has 1 aromatic heterocycles. The zero-order chi connectivity index (χ0) is 17.3. The Morgan fingerprint density at radius 3 is 2.72 bits per heavy atom. The van der Waals surface area contributed by atoms with E-state index < -0.39 is 0 Å². The van der Waals surface area contributed by atoms with Crippen LogP contribution in [0.25, 0.3) is 0 Å². The van der Waals surface area contributed by atoms with Crippen LogP contribution in [0.4, 0.5) is 0 Å². The summed E-state index contributed by atoms with van der Waals surface area (Å²) in [6, 6.07) is 8.95. The summed E-state index contributed by atoms with van der Waals surface area (Å²) in [5.74, 6) is 0.367. The van der Waals surface area contributed by atoms with Crippen LogP contribution in [0.5, 0.6) is 0 Å². The lowest BCUT2D eigenvalue weighted by molar-refractivity contribution is -0.138. The zero-order valence-corrected chi connectivity index (χ0v) is 15.0. The minimum Gasteiger partial charge on any atom is -0.339 e. The molecule has 2 fully saturated rings. The fraction of sp³-hybridized carbons (Fsp3) is 0.524. The molecule has 132 valence electrons. The Hall–Kier alpha value is -2.10. The zero-order valence-electron chi connectivity index (χ0n) is 15.0. The molecule has 4 heteroatoms. The van der Waals surface area contributed by atoms with Gasteiger partial charge in [0, 0.05) is 31.5 Å². The number of likely N-dealkylation sites (tertiary alicyclic amines) is 1. The SMILES string of the molecule is Cc1ccc(C2(C(=O)N3CCCCC3CCn3ccnc3)CC2)cc1. The van der Waals surface area contributed by atoms with E-state index in [9.17, 15) is 4.79 Å². The van der Waals surface area contributed by atoms with Crippen molar-refractivity contribution in [2.75, 3.05) is 6.54 Å². The number of aromatic nitrogens is 2. The first-order chi connectivity index (χ1) is 12.2. The molecule has 4 nitrogen and oxygen atoms in total. The number of piperidine rings is 1. The van der Waals surface area contributed by atoms with Crippen molar-refractivity contribution in [1.29, 1.82) is 0 Å². The Morgan fingerprint density at radius 2 is 2.04 bits per heavy atom. The Kier molecular flexibility index (Phi) is 4.36. The van der Waals surface area contributed by atoms with E-state index in [2.05, 4.69) is 45.6 Å². The Bertz CT molecular complexity index is 716. The van der Waals surface area contributed by atoms with Crippen LogP contribution in [-0.4, -0.2) is 32.9 Å². The Labute approximate surface area is 149 Å². The highest BCUT2D eigenvalue weighted by atomic mass is 16.2. The number of benzene rings is 1. The number of amides is 1. The first-order valence-electron chi connectivity index (χ1n) is 9.53. The van der Waals surface area contributed by atoms with Crippen molar-refractivity contribution in [3.8, 4) is 0 Å². The number of nitrogens with zero attached hydrogens (tertiary/aromatic N) is 3. The third-order valence-electron chi connectivity index (χ3n) is 5.93. The standard InChI is InChI=1S/C21H27N3O/c1-17-5-7-18(8-6-17)21(10-11-21)20(25)24-13-3-2-4-19(24)9-14-23-15-12-22-16-23/h5-8,12,15-16,19H,2-4,9-11,13-14H2,1H3. The number of carbonyl (C=O) groups excluding carboxylic acids is 1. The molecule has 1 amide bonds. The van der Waals surface area contributed by atoms with Crippen LogP contribution in [-0.2, 0) is 16.8 Å². The van der Waals surface area contributed by atoms with E-state index in [1.54, 1.807) is 0 Å². The fourth-order valence-electron chi connectivity index (χ4n) is 4.18. The van der Waals surface area contributed by atoms with Gasteiger partial charge in [-0.1, -0.05) is 29.8 Å². The summed E-state index contributed by atoms with van der Waals surface area (Å²) in [6.07, 6.45) is 12.2. The third-order valence-corrected chi connectivity index (χ3v) is 5.93. The second-order valence-electron chi connectivity index (χ2n) is 7.69. The van der Waals surface area contributed by atoms with E-state index in [1.807, 2.05) is 18.7 Å². The molecule has 1 saturated heterocycles. The molecular formula is C21H27N3O. The molecule has 25 heavy (non-hydrogen) atoms. The lowest BCUT2D eigenvalue weighted by Gasteiger charge is -2.38. The molecule has 1 aromatic carbocycles. The summed E-state index contributed by atoms with van der Waals surface area (Å²) in [5.41, 5.74) is 2.23. The molecule has 2 aromatic rings. The molecule has 2 aliphatic rings. The van der Waals surface area contributed by atoms with Crippen LogP contribution in [0.1, 0.15) is 49.7 Å². The van der Waals surface area contributed by atoms with Crippen LogP contribution in [0, 0.1) is 6.92 Å². The number of hydrogen-bond donors (Lipinski definition) is 0. The summed E-state index contributed by atoms with van der Waals surface area (Å²) in [6.45, 7) is 3.95. The first kappa shape index (κ1) is 16.4. The molecule has 0 spiro atoms. The Balaban J connectivity index is 1.49. The van der Waals surface area contributed by atoms with E-state index in [0.717, 1.165) is 45.2 Å². The predicted octanol–water partition coefficient (Wildman–Crippen LogP) is 3.69. The maximum absolute atomic E-state index is 13.4. The van der Waals surface area contributed by atoms with Crippen LogP contribution < -0.4 is 0 Å². The number of aryl methyl sites for hydroxylation is 2. The summed E-state index contributed by atoms with van der Waals surface area (Å²) in [4.78, 5) is 19.8. The summed E-state index contributed by atoms with van der Waals surface area (Å²) < 4.78 is 2.12. The van der Waals surface area contributed by atoms with Gasteiger partial charge in [0.25, 0.3) is 0 Å². The van der Waals surface area contributed by atoms with Crippen molar-refractivity contribution in [2.45, 2.75) is 63.5 Å². The number of rotatable bonds is 5. The van der Waals surface area contributed by atoms with Gasteiger partial charge in [0.05, 0.1) is 11.7 Å². The highest BCUT2D eigenvalue weighted by Crippen LogP contribution is 2.50. The third kappa shape index (κ3) is 3.22. The van der Waals surface area contributed by atoms with Gasteiger partial charge in [-0.15, -0.1) is 0 Å². The second-order valence-corrected chi connectivity index (χ2v) is 7.69. The minimum absolute atomic E-state index is 0.238. The van der Waals surface area contributed by atoms with Crippen LogP contribution >= 0.6 is 0 Å². The van der Waals surface area contributed by atoms with Crippen molar-refractivity contribution in [3.05, 3.63) is 54.1 Å². The normalized spacial score (nSPS) is 22.0. The average molecular weight is 337 g/mol. The molecule has 1 aliphatic carbocycles. The number of carbonyl (C=O) groups is 1. The van der Waals surface area contributed by atoms with E-state index in [1.165, 1.54) is 17.5 Å². The van der Waals surface area contributed by atoms with Crippen molar-refractivity contribution in [3.63, 3.8) is 0 Å². The number of imidazole rings is 1. The van der Waals surface area contributed by atoms with E-state index >= 15 is 0 Å². The van der Waals surface area contributed by atoms with Crippen LogP contribution in [0.2, 0.25) is 0 Å². The lowest BCUT2D eigenvalue weighted by Crippen LogP contribution is -2.48. The smallest absolute Gasteiger partial charge is 0.233 e. The average Bonchev–Trinajstić information content (AvgIpc) is 3.28. The van der Waals surface area contributed by atoms with Gasteiger partial charge < -0.3 is 9.47 Å². The summed E-state index contributed by atoms with van der Waals surface area (Å²) in [7, 11) is 0. The van der Waals surface area contributed by atoms with Gasteiger partial charge in [0.1, 0.15) is 0 Å². The van der Waals surface area contributed by atoms with Crippen molar-refractivity contribution >= 4 is 5.91 Å². The van der Waals surface area contributed by atoms with Gasteiger partial charge in [-0.25, -0.2) is 4.98 Å². The van der Waals surface area contributed by atoms with E-state index in [0.29, 0.717) is 11.9 Å².